The Labute approximate surface area is 101 Å². The first-order chi connectivity index (χ1) is 7.76. The molecule has 96 valence electrons. The van der Waals surface area contributed by atoms with Crippen LogP contribution in [0.15, 0.2) is 0 Å². The number of nitrogens with one attached hydrogen (secondary N) is 1. The van der Waals surface area contributed by atoms with Gasteiger partial charge in [0.2, 0.25) is 0 Å². The van der Waals surface area contributed by atoms with Crippen LogP contribution in [0.5, 0.6) is 0 Å². The van der Waals surface area contributed by atoms with Crippen molar-refractivity contribution in [2.24, 2.45) is 0 Å². The number of nitrogens with zero attached hydrogens (tertiary/aromatic N) is 2. The summed E-state index contributed by atoms with van der Waals surface area (Å²) >= 11 is 0. The monoisotopic (exact) mass is 227 g/mol. The Bertz CT molecular complexity index is 169. The van der Waals surface area contributed by atoms with E-state index in [9.17, 15) is 0 Å². The minimum Gasteiger partial charge on any atom is -0.313 e. The van der Waals surface area contributed by atoms with Crippen LogP contribution in [0.1, 0.15) is 33.1 Å². The van der Waals surface area contributed by atoms with Crippen molar-refractivity contribution in [3.05, 3.63) is 0 Å². The lowest BCUT2D eigenvalue weighted by atomic mass is 10.1. The SMILES string of the molecule is CCN(CC)CCNC1CCCN(C)CC1. The highest BCUT2D eigenvalue weighted by Crippen LogP contribution is 2.09. The van der Waals surface area contributed by atoms with E-state index in [1.54, 1.807) is 0 Å². The van der Waals surface area contributed by atoms with Crippen LogP contribution < -0.4 is 5.32 Å². The molecule has 0 aromatic heterocycles. The van der Waals surface area contributed by atoms with Crippen LogP contribution in [0.2, 0.25) is 0 Å². The zero-order valence-electron chi connectivity index (χ0n) is 11.3. The summed E-state index contributed by atoms with van der Waals surface area (Å²) in [4.78, 5) is 4.93. The number of rotatable bonds is 6. The van der Waals surface area contributed by atoms with Crippen molar-refractivity contribution in [3.8, 4) is 0 Å². The minimum absolute atomic E-state index is 0.750. The molecule has 3 heteroatoms. The topological polar surface area (TPSA) is 18.5 Å². The summed E-state index contributed by atoms with van der Waals surface area (Å²) in [5.74, 6) is 0. The first-order valence-electron chi connectivity index (χ1n) is 6.90. The van der Waals surface area contributed by atoms with E-state index in [-0.39, 0.29) is 0 Å². The van der Waals surface area contributed by atoms with Crippen molar-refractivity contribution in [1.82, 2.24) is 15.1 Å². The van der Waals surface area contributed by atoms with Gasteiger partial charge in [0.1, 0.15) is 0 Å². The van der Waals surface area contributed by atoms with Gasteiger partial charge in [0.05, 0.1) is 0 Å². The summed E-state index contributed by atoms with van der Waals surface area (Å²) in [6.45, 7) is 11.7. The molecule has 0 spiro atoms. The van der Waals surface area contributed by atoms with Gasteiger partial charge in [-0.05, 0) is 52.5 Å². The quantitative estimate of drug-likeness (QED) is 0.740. The maximum atomic E-state index is 3.71. The molecule has 1 rings (SSSR count). The fourth-order valence-corrected chi connectivity index (χ4v) is 2.41. The van der Waals surface area contributed by atoms with Gasteiger partial charge in [-0.25, -0.2) is 0 Å². The molecule has 1 N–H and O–H groups in total. The van der Waals surface area contributed by atoms with Gasteiger partial charge >= 0.3 is 0 Å². The molecule has 0 bridgehead atoms. The van der Waals surface area contributed by atoms with Crippen molar-refractivity contribution in [3.63, 3.8) is 0 Å². The van der Waals surface area contributed by atoms with E-state index < -0.39 is 0 Å². The lowest BCUT2D eigenvalue weighted by Gasteiger charge is -2.21. The number of likely N-dealkylation sites (tertiary alicyclic amines) is 1. The summed E-state index contributed by atoms with van der Waals surface area (Å²) < 4.78 is 0. The second kappa shape index (κ2) is 8.04. The van der Waals surface area contributed by atoms with Crippen LogP contribution in [0, 0.1) is 0 Å². The van der Waals surface area contributed by atoms with E-state index in [1.807, 2.05) is 0 Å². The second-order valence-electron chi connectivity index (χ2n) is 4.91. The lowest BCUT2D eigenvalue weighted by Crippen LogP contribution is -2.37. The Balaban J connectivity index is 2.12. The van der Waals surface area contributed by atoms with E-state index in [2.05, 4.69) is 36.0 Å². The molecule has 0 aromatic carbocycles. The molecule has 0 saturated carbocycles. The van der Waals surface area contributed by atoms with E-state index in [0.29, 0.717) is 0 Å². The Morgan fingerprint density at radius 3 is 2.62 bits per heavy atom. The van der Waals surface area contributed by atoms with Gasteiger partial charge in [-0.2, -0.15) is 0 Å². The third-order valence-corrected chi connectivity index (χ3v) is 3.71. The Morgan fingerprint density at radius 2 is 1.94 bits per heavy atom. The summed E-state index contributed by atoms with van der Waals surface area (Å²) in [6, 6.07) is 0.750. The molecule has 0 amide bonds. The highest BCUT2D eigenvalue weighted by Gasteiger charge is 2.13. The highest BCUT2D eigenvalue weighted by molar-refractivity contribution is 4.73. The first-order valence-corrected chi connectivity index (χ1v) is 6.90. The van der Waals surface area contributed by atoms with Crippen molar-refractivity contribution >= 4 is 0 Å². The molecule has 0 aromatic rings. The zero-order chi connectivity index (χ0) is 11.8. The molecule has 1 heterocycles. The molecule has 16 heavy (non-hydrogen) atoms. The third kappa shape index (κ3) is 5.28. The zero-order valence-corrected chi connectivity index (χ0v) is 11.3. The van der Waals surface area contributed by atoms with Crippen molar-refractivity contribution in [2.75, 3.05) is 46.3 Å². The molecule has 1 aliphatic heterocycles. The third-order valence-electron chi connectivity index (χ3n) is 3.71. The largest absolute Gasteiger partial charge is 0.313 e. The summed E-state index contributed by atoms with van der Waals surface area (Å²) in [7, 11) is 2.23. The smallest absolute Gasteiger partial charge is 0.0107 e. The standard InChI is InChI=1S/C13H29N3/c1-4-16(5-2)12-9-14-13-7-6-10-15(3)11-8-13/h13-14H,4-12H2,1-3H3. The van der Waals surface area contributed by atoms with Gasteiger partial charge in [-0.1, -0.05) is 13.8 Å². The van der Waals surface area contributed by atoms with Crippen molar-refractivity contribution in [2.45, 2.75) is 39.2 Å². The van der Waals surface area contributed by atoms with Crippen LogP contribution in [0.4, 0.5) is 0 Å². The molecule has 1 fully saturated rings. The van der Waals surface area contributed by atoms with Gasteiger partial charge < -0.3 is 15.1 Å². The van der Waals surface area contributed by atoms with Crippen LogP contribution in [0.3, 0.4) is 0 Å². The minimum atomic E-state index is 0.750. The van der Waals surface area contributed by atoms with Crippen LogP contribution >= 0.6 is 0 Å². The molecule has 1 aliphatic rings. The van der Waals surface area contributed by atoms with Gasteiger partial charge in [0.25, 0.3) is 0 Å². The van der Waals surface area contributed by atoms with E-state index in [0.717, 1.165) is 12.6 Å². The number of likely N-dealkylation sites (N-methyl/N-ethyl adjacent to an activating group) is 1. The fourth-order valence-electron chi connectivity index (χ4n) is 2.41. The second-order valence-corrected chi connectivity index (χ2v) is 4.91. The van der Waals surface area contributed by atoms with Crippen molar-refractivity contribution in [1.29, 1.82) is 0 Å². The normalized spacial score (nSPS) is 23.6. The lowest BCUT2D eigenvalue weighted by molar-refractivity contribution is 0.291. The molecule has 1 atom stereocenters. The van der Waals surface area contributed by atoms with E-state index in [4.69, 9.17) is 0 Å². The van der Waals surface area contributed by atoms with Gasteiger partial charge in [0.15, 0.2) is 0 Å². The molecule has 0 aliphatic carbocycles. The number of hydrogen-bond donors (Lipinski definition) is 1. The average molecular weight is 227 g/mol. The highest BCUT2D eigenvalue weighted by atomic mass is 15.1. The van der Waals surface area contributed by atoms with E-state index in [1.165, 1.54) is 52.0 Å². The summed E-state index contributed by atoms with van der Waals surface area (Å²) in [5, 5.41) is 3.71. The Morgan fingerprint density at radius 1 is 1.19 bits per heavy atom. The van der Waals surface area contributed by atoms with E-state index >= 15 is 0 Å². The predicted molar refractivity (Wildman–Crippen MR) is 70.9 cm³/mol. The molecular weight excluding hydrogens is 198 g/mol. The molecule has 1 saturated heterocycles. The molecule has 0 radical (unpaired) electrons. The van der Waals surface area contributed by atoms with Gasteiger partial charge in [-0.3, -0.25) is 0 Å². The van der Waals surface area contributed by atoms with Crippen LogP contribution in [-0.2, 0) is 0 Å². The van der Waals surface area contributed by atoms with Crippen molar-refractivity contribution < 1.29 is 0 Å². The Hall–Kier alpha value is -0.120. The molecule has 1 unspecified atom stereocenters. The maximum absolute atomic E-state index is 3.71. The van der Waals surface area contributed by atoms with Crippen LogP contribution in [-0.4, -0.2) is 62.2 Å². The summed E-state index contributed by atoms with van der Waals surface area (Å²) in [6.07, 6.45) is 4.01. The fraction of sp³-hybridized carbons (Fsp3) is 1.00. The average Bonchev–Trinajstić information content (AvgIpc) is 2.50. The summed E-state index contributed by atoms with van der Waals surface area (Å²) in [5.41, 5.74) is 0. The Kier molecular flexibility index (Phi) is 7.01. The number of hydrogen-bond acceptors (Lipinski definition) is 3. The molecular formula is C13H29N3. The van der Waals surface area contributed by atoms with Gasteiger partial charge in [0, 0.05) is 19.1 Å². The maximum Gasteiger partial charge on any atom is 0.0107 e. The van der Waals surface area contributed by atoms with Gasteiger partial charge in [-0.15, -0.1) is 0 Å². The predicted octanol–water partition coefficient (Wildman–Crippen LogP) is 1.40. The molecule has 3 nitrogen and oxygen atoms in total. The van der Waals surface area contributed by atoms with Crippen LogP contribution in [0.25, 0.3) is 0 Å². The first kappa shape index (κ1) is 13.9.